The molecule has 1 aromatic rings. The molecule has 2 aliphatic rings. The maximum atomic E-state index is 14.6. The van der Waals surface area contributed by atoms with Gasteiger partial charge < -0.3 is 69.2 Å². The smallest absolute Gasteiger partial charge is 0.246 e. The summed E-state index contributed by atoms with van der Waals surface area (Å²) in [5.41, 5.74) is 17.5. The van der Waals surface area contributed by atoms with E-state index >= 15 is 0 Å². The zero-order valence-electron chi connectivity index (χ0n) is 39.9. The first-order chi connectivity index (χ1) is 32.6. The topological polar surface area (TPSA) is 366 Å². The minimum absolute atomic E-state index is 0.0310. The van der Waals surface area contributed by atoms with Gasteiger partial charge in [-0.25, -0.2) is 0 Å². The number of ether oxygens (including phenoxy) is 1. The second-order valence-corrected chi connectivity index (χ2v) is 20.2. The number of nitrogens with two attached hydrogens (primary N) is 3. The number of carbonyl (C=O) groups is 10. The van der Waals surface area contributed by atoms with Crippen LogP contribution in [0.3, 0.4) is 0 Å². The van der Waals surface area contributed by atoms with Crippen molar-refractivity contribution in [2.24, 2.45) is 29.0 Å². The lowest BCUT2D eigenvalue weighted by Crippen LogP contribution is -2.63. The van der Waals surface area contributed by atoms with Crippen LogP contribution in [0.15, 0.2) is 24.3 Å². The standard InChI is InChI=1S/C44H69N11O12S2/c1-7-23(4)35-42(64)49-28(14-15-33(46)57)39(61)54-36(24(5)67-6)43(65)52-31(21-69-68-20-27(45)37(59)50-30(40(62)53-35)18-25-10-12-26(56)13-11-25)44(66)55-16-8-9-32(55)41(63)51-29(17-22(2)3)38(60)48-19-34(47)58/h10-13,22-24,27-32,35-36,56H,7-9,14-21,45H2,1-6H3,(H2,46,57)(H2,47,58)(H,48,60)(H,49,64)(H,50,59)(H,51,63)(H,52,65)(H,53,62)(H,54,61)/t23-,24+,27-,28-,29-,30-,31-,32-,35-,36-/m0/s1. The van der Waals surface area contributed by atoms with Gasteiger partial charge in [-0.05, 0) is 62.1 Å². The van der Waals surface area contributed by atoms with Crippen LogP contribution in [0.5, 0.6) is 5.75 Å². The molecular formula is C44H69N11O12S2. The van der Waals surface area contributed by atoms with Gasteiger partial charge in [0.15, 0.2) is 0 Å². The fourth-order valence-corrected chi connectivity index (χ4v) is 9.71. The fourth-order valence-electron chi connectivity index (χ4n) is 7.44. The number of methoxy groups -OCH3 is 1. The molecule has 0 bridgehead atoms. The molecule has 0 radical (unpaired) electrons. The van der Waals surface area contributed by atoms with Crippen molar-refractivity contribution in [1.82, 2.24) is 42.1 Å². The maximum Gasteiger partial charge on any atom is 0.246 e. The highest BCUT2D eigenvalue weighted by atomic mass is 33.1. The van der Waals surface area contributed by atoms with Crippen LogP contribution < -0.4 is 54.4 Å². The molecule has 10 atom stereocenters. The summed E-state index contributed by atoms with van der Waals surface area (Å²) in [6.45, 7) is 8.25. The summed E-state index contributed by atoms with van der Waals surface area (Å²) in [5.74, 6) is -8.51. The first-order valence-electron chi connectivity index (χ1n) is 22.8. The summed E-state index contributed by atoms with van der Waals surface area (Å²) >= 11 is 0. The van der Waals surface area contributed by atoms with Crippen LogP contribution in [-0.2, 0) is 59.1 Å². The monoisotopic (exact) mass is 1010 g/mol. The highest BCUT2D eigenvalue weighted by molar-refractivity contribution is 8.76. The van der Waals surface area contributed by atoms with Gasteiger partial charge in [-0.15, -0.1) is 0 Å². The number of primary amides is 2. The number of nitrogens with one attached hydrogen (secondary N) is 7. The SMILES string of the molecule is CC[C@H](C)[C@@H]1NC(=O)[C@H](Cc2ccc(O)cc2)NC(=O)[C@@H](N)CSSC[C@@H](C(=O)N2CCC[C@H]2C(=O)N[C@@H](CC(C)C)C(=O)NCC(N)=O)NC(=O)[C@H]([C@@H](C)OC)NC(=O)[C@H](CCC(N)=O)NC1=O. The number of carbonyl (C=O) groups excluding carboxylic acids is 10. The first kappa shape index (κ1) is 57.7. The lowest BCUT2D eigenvalue weighted by Gasteiger charge is -2.32. The quantitative estimate of drug-likeness (QED) is 0.0722. The molecule has 0 spiro atoms. The summed E-state index contributed by atoms with van der Waals surface area (Å²) in [6, 6.07) is -4.35. The second kappa shape index (κ2) is 28.1. The number of rotatable bonds is 17. The average molecular weight is 1010 g/mol. The van der Waals surface area contributed by atoms with Crippen LogP contribution in [0.4, 0.5) is 0 Å². The fraction of sp³-hybridized carbons (Fsp3) is 0.636. The van der Waals surface area contributed by atoms with E-state index < -0.39 is 126 Å². The third-order valence-electron chi connectivity index (χ3n) is 11.7. The van der Waals surface area contributed by atoms with Gasteiger partial charge in [0.1, 0.15) is 48.0 Å². The van der Waals surface area contributed by atoms with Crippen LogP contribution in [-0.4, -0.2) is 155 Å². The normalized spacial score (nSPS) is 24.8. The number of benzene rings is 1. The molecule has 2 heterocycles. The molecular weight excluding hydrogens is 939 g/mol. The molecule has 384 valence electrons. The molecule has 2 fully saturated rings. The first-order valence-corrected chi connectivity index (χ1v) is 25.3. The Hall–Kier alpha value is -5.66. The van der Waals surface area contributed by atoms with E-state index in [-0.39, 0.29) is 61.8 Å². The van der Waals surface area contributed by atoms with Gasteiger partial charge in [0, 0.05) is 38.0 Å². The molecule has 69 heavy (non-hydrogen) atoms. The van der Waals surface area contributed by atoms with E-state index in [4.69, 9.17) is 21.9 Å². The van der Waals surface area contributed by atoms with Crippen molar-refractivity contribution < 1.29 is 57.8 Å². The molecule has 2 aliphatic heterocycles. The zero-order chi connectivity index (χ0) is 51.5. The van der Waals surface area contributed by atoms with Crippen molar-refractivity contribution in [3.05, 3.63) is 29.8 Å². The number of hydrogen-bond acceptors (Lipinski definition) is 15. The van der Waals surface area contributed by atoms with Gasteiger partial charge in [-0.2, -0.15) is 0 Å². The van der Waals surface area contributed by atoms with Crippen LogP contribution in [0.1, 0.15) is 78.7 Å². The molecule has 10 amide bonds. The Morgan fingerprint density at radius 2 is 1.43 bits per heavy atom. The zero-order valence-corrected chi connectivity index (χ0v) is 41.5. The molecule has 0 aromatic heterocycles. The predicted octanol–water partition coefficient (Wildman–Crippen LogP) is -2.45. The Balaban J connectivity index is 2.05. The molecule has 2 saturated heterocycles. The summed E-state index contributed by atoms with van der Waals surface area (Å²) in [4.78, 5) is 136. The van der Waals surface area contributed by atoms with Crippen LogP contribution >= 0.6 is 21.6 Å². The Labute approximate surface area is 409 Å². The Bertz CT molecular complexity index is 2000. The highest BCUT2D eigenvalue weighted by Gasteiger charge is 2.41. The van der Waals surface area contributed by atoms with Gasteiger partial charge in [0.05, 0.1) is 18.7 Å². The summed E-state index contributed by atoms with van der Waals surface area (Å²) in [5, 5.41) is 28.3. The molecule has 23 nitrogen and oxygen atoms in total. The number of phenolic OH excluding ortho intramolecular Hbond substituents is 1. The molecule has 1 aromatic carbocycles. The second-order valence-electron chi connectivity index (χ2n) is 17.6. The van der Waals surface area contributed by atoms with Crippen molar-refractivity contribution in [3.63, 3.8) is 0 Å². The van der Waals surface area contributed by atoms with Crippen molar-refractivity contribution >= 4 is 80.7 Å². The van der Waals surface area contributed by atoms with Gasteiger partial charge in [0.2, 0.25) is 59.1 Å². The van der Waals surface area contributed by atoms with E-state index in [0.29, 0.717) is 18.4 Å². The molecule has 0 unspecified atom stereocenters. The number of amides is 10. The van der Waals surface area contributed by atoms with E-state index in [1.807, 2.05) is 13.8 Å². The lowest BCUT2D eigenvalue weighted by atomic mass is 9.96. The largest absolute Gasteiger partial charge is 0.508 e. The number of nitrogens with zero attached hydrogens (tertiary/aromatic N) is 1. The third kappa shape index (κ3) is 18.3. The molecule has 3 rings (SSSR count). The van der Waals surface area contributed by atoms with Crippen molar-refractivity contribution in [3.8, 4) is 5.75 Å². The number of phenols is 1. The van der Waals surface area contributed by atoms with Crippen molar-refractivity contribution in [1.29, 1.82) is 0 Å². The van der Waals surface area contributed by atoms with E-state index in [2.05, 4.69) is 37.2 Å². The van der Waals surface area contributed by atoms with Crippen LogP contribution in [0, 0.1) is 11.8 Å². The van der Waals surface area contributed by atoms with Crippen molar-refractivity contribution in [2.75, 3.05) is 31.7 Å². The average Bonchev–Trinajstić information content (AvgIpc) is 3.80. The van der Waals surface area contributed by atoms with E-state index in [9.17, 15) is 53.1 Å². The van der Waals surface area contributed by atoms with Gasteiger partial charge in [0.25, 0.3) is 0 Å². The Kier molecular flexibility index (Phi) is 23.5. The van der Waals surface area contributed by atoms with Crippen LogP contribution in [0.25, 0.3) is 0 Å². The van der Waals surface area contributed by atoms with Gasteiger partial charge in [-0.3, -0.25) is 47.9 Å². The van der Waals surface area contributed by atoms with E-state index in [0.717, 1.165) is 21.6 Å². The minimum Gasteiger partial charge on any atom is -0.508 e. The Morgan fingerprint density at radius 1 is 0.826 bits per heavy atom. The van der Waals surface area contributed by atoms with Gasteiger partial charge >= 0.3 is 0 Å². The lowest BCUT2D eigenvalue weighted by molar-refractivity contribution is -0.142. The van der Waals surface area contributed by atoms with Crippen LogP contribution in [0.2, 0.25) is 0 Å². The van der Waals surface area contributed by atoms with E-state index in [1.165, 1.54) is 31.1 Å². The van der Waals surface area contributed by atoms with E-state index in [1.54, 1.807) is 26.0 Å². The molecule has 25 heteroatoms. The summed E-state index contributed by atoms with van der Waals surface area (Å²) in [7, 11) is 3.44. The van der Waals surface area contributed by atoms with Crippen molar-refractivity contribution in [2.45, 2.75) is 134 Å². The predicted molar refractivity (Wildman–Crippen MR) is 257 cm³/mol. The third-order valence-corrected chi connectivity index (χ3v) is 14.1. The van der Waals surface area contributed by atoms with Gasteiger partial charge in [-0.1, -0.05) is 67.8 Å². The Morgan fingerprint density at radius 3 is 2.04 bits per heavy atom. The summed E-state index contributed by atoms with van der Waals surface area (Å²) in [6.07, 6.45) is -0.646. The number of hydrogen-bond donors (Lipinski definition) is 11. The molecule has 0 aliphatic carbocycles. The highest BCUT2D eigenvalue weighted by Crippen LogP contribution is 2.26. The maximum absolute atomic E-state index is 14.6. The molecule has 14 N–H and O–H groups in total. The number of aromatic hydroxyl groups is 1. The molecule has 0 saturated carbocycles. The minimum atomic E-state index is -1.51. The summed E-state index contributed by atoms with van der Waals surface area (Å²) < 4.78 is 5.47. The number of likely N-dealkylation sites (tertiary alicyclic amines) is 1.